The van der Waals surface area contributed by atoms with Crippen LogP contribution >= 0.6 is 0 Å². The molecule has 0 atom stereocenters. The predicted molar refractivity (Wildman–Crippen MR) is 60.7 cm³/mol. The van der Waals surface area contributed by atoms with E-state index in [9.17, 15) is 0 Å². The van der Waals surface area contributed by atoms with Gasteiger partial charge in [0.2, 0.25) is 0 Å². The molecule has 0 spiro atoms. The summed E-state index contributed by atoms with van der Waals surface area (Å²) >= 11 is 0. The Morgan fingerprint density at radius 2 is 1.60 bits per heavy atom. The third-order valence-corrected chi connectivity index (χ3v) is 3.63. The zero-order valence-corrected chi connectivity index (χ0v) is 9.65. The van der Waals surface area contributed by atoms with Crippen LogP contribution in [0.15, 0.2) is 0 Å². The van der Waals surface area contributed by atoms with Crippen LogP contribution in [0.3, 0.4) is 0 Å². The van der Waals surface area contributed by atoms with E-state index >= 15 is 0 Å². The third kappa shape index (κ3) is 3.47. The number of nitrogens with zero attached hydrogens (tertiary/aromatic N) is 1. The van der Waals surface area contributed by atoms with Gasteiger partial charge >= 0.3 is 7.69 Å². The van der Waals surface area contributed by atoms with Crippen LogP contribution in [-0.2, 0) is 9.31 Å². The lowest BCUT2D eigenvalue weighted by Crippen LogP contribution is -2.43. The van der Waals surface area contributed by atoms with Crippen molar-refractivity contribution >= 4 is 7.69 Å². The van der Waals surface area contributed by atoms with Crippen LogP contribution in [0.5, 0.6) is 0 Å². The van der Waals surface area contributed by atoms with Crippen molar-refractivity contribution in [2.45, 2.75) is 38.6 Å². The summed E-state index contributed by atoms with van der Waals surface area (Å²) in [4.78, 5) is 2.54. The van der Waals surface area contributed by atoms with Gasteiger partial charge in [-0.05, 0) is 31.6 Å². The lowest BCUT2D eigenvalue weighted by Gasteiger charge is -2.36. The molecule has 0 aromatic rings. The smallest absolute Gasteiger partial charge is 0.412 e. The molecule has 3 nitrogen and oxygen atoms in total. The Morgan fingerprint density at radius 1 is 1.00 bits per heavy atom. The minimum Gasteiger partial charge on any atom is -0.412 e. The topological polar surface area (TPSA) is 21.7 Å². The molecule has 85 valence electrons. The van der Waals surface area contributed by atoms with Crippen LogP contribution in [0.25, 0.3) is 0 Å². The van der Waals surface area contributed by atoms with E-state index in [-0.39, 0.29) is 0 Å². The summed E-state index contributed by atoms with van der Waals surface area (Å²) in [5, 5.41) is 0. The Labute approximate surface area is 93.4 Å². The molecule has 1 saturated carbocycles. The van der Waals surface area contributed by atoms with Crippen LogP contribution in [0.1, 0.15) is 32.6 Å². The molecule has 0 bridgehead atoms. The van der Waals surface area contributed by atoms with Crippen molar-refractivity contribution in [1.29, 1.82) is 0 Å². The number of rotatable bonds is 1. The largest absolute Gasteiger partial charge is 0.488 e. The van der Waals surface area contributed by atoms with Gasteiger partial charge in [-0.1, -0.05) is 6.92 Å². The van der Waals surface area contributed by atoms with Gasteiger partial charge in [0.25, 0.3) is 0 Å². The Morgan fingerprint density at radius 3 is 2.20 bits per heavy atom. The first-order chi connectivity index (χ1) is 7.36. The van der Waals surface area contributed by atoms with Gasteiger partial charge in [0.05, 0.1) is 0 Å². The van der Waals surface area contributed by atoms with E-state index in [1.54, 1.807) is 0 Å². The monoisotopic (exact) mass is 210 g/mol. The highest BCUT2D eigenvalue weighted by Crippen LogP contribution is 2.26. The Hall–Kier alpha value is -0.0551. The SMILES string of the molecule is CC1CCC(N2CCO[B]OCC2)CC1. The molecule has 0 amide bonds. The van der Waals surface area contributed by atoms with E-state index in [1.165, 1.54) is 33.4 Å². The zero-order valence-electron chi connectivity index (χ0n) is 9.65. The van der Waals surface area contributed by atoms with Crippen molar-refractivity contribution in [3.05, 3.63) is 0 Å². The second kappa shape index (κ2) is 5.87. The van der Waals surface area contributed by atoms with Gasteiger partial charge in [-0.25, -0.2) is 0 Å². The van der Waals surface area contributed by atoms with Crippen molar-refractivity contribution in [3.8, 4) is 0 Å². The summed E-state index contributed by atoms with van der Waals surface area (Å²) in [6.45, 7) is 6.01. The summed E-state index contributed by atoms with van der Waals surface area (Å²) in [7, 11) is 1.49. The minimum absolute atomic E-state index is 0.770. The molecule has 0 aromatic carbocycles. The van der Waals surface area contributed by atoms with Crippen LogP contribution in [0.4, 0.5) is 0 Å². The van der Waals surface area contributed by atoms with Gasteiger partial charge in [0.15, 0.2) is 0 Å². The van der Waals surface area contributed by atoms with Gasteiger partial charge < -0.3 is 9.31 Å². The quantitative estimate of drug-likeness (QED) is 0.611. The maximum absolute atomic E-state index is 5.23. The zero-order chi connectivity index (χ0) is 10.5. The minimum atomic E-state index is 0.770. The molecule has 2 rings (SSSR count). The van der Waals surface area contributed by atoms with Crippen LogP contribution in [0.2, 0.25) is 0 Å². The highest BCUT2D eigenvalue weighted by atomic mass is 16.6. The van der Waals surface area contributed by atoms with E-state index in [4.69, 9.17) is 9.31 Å². The average molecular weight is 210 g/mol. The fourth-order valence-electron chi connectivity index (χ4n) is 2.57. The predicted octanol–water partition coefficient (Wildman–Crippen LogP) is 1.45. The van der Waals surface area contributed by atoms with E-state index in [1.807, 2.05) is 0 Å². The van der Waals surface area contributed by atoms with Gasteiger partial charge in [0.1, 0.15) is 0 Å². The standard InChI is InChI=1S/C11H21BNO2/c1-10-2-4-11(5-3-10)13-6-8-14-12-15-9-7-13/h10-11H,2-9H2,1H3. The molecule has 1 heterocycles. The summed E-state index contributed by atoms with van der Waals surface area (Å²) in [6.07, 6.45) is 5.47. The highest BCUT2D eigenvalue weighted by Gasteiger charge is 2.24. The molecule has 2 fully saturated rings. The molecule has 1 radical (unpaired) electrons. The Bertz CT molecular complexity index is 175. The molecular formula is C11H21BNO2. The van der Waals surface area contributed by atoms with Crippen LogP contribution in [0, 0.1) is 5.92 Å². The highest BCUT2D eigenvalue weighted by molar-refractivity contribution is 6.17. The first-order valence-corrected chi connectivity index (χ1v) is 6.15. The molecule has 1 aliphatic heterocycles. The van der Waals surface area contributed by atoms with Crippen LogP contribution in [-0.4, -0.2) is 44.9 Å². The van der Waals surface area contributed by atoms with Gasteiger partial charge in [-0.3, -0.25) is 4.90 Å². The summed E-state index contributed by atoms with van der Waals surface area (Å²) < 4.78 is 10.5. The molecule has 2 aliphatic rings. The molecule has 1 saturated heterocycles. The summed E-state index contributed by atoms with van der Waals surface area (Å²) in [5.41, 5.74) is 0. The van der Waals surface area contributed by atoms with Gasteiger partial charge in [-0.2, -0.15) is 0 Å². The second-order valence-electron chi connectivity index (χ2n) is 4.79. The third-order valence-electron chi connectivity index (χ3n) is 3.63. The molecule has 15 heavy (non-hydrogen) atoms. The Balaban J connectivity index is 1.79. The Kier molecular flexibility index (Phi) is 4.48. The van der Waals surface area contributed by atoms with Gasteiger partial charge in [-0.15, -0.1) is 0 Å². The summed E-state index contributed by atoms with van der Waals surface area (Å²) in [6, 6.07) is 0.770. The lowest BCUT2D eigenvalue weighted by atomic mass is 9.86. The normalized spacial score (nSPS) is 35.3. The summed E-state index contributed by atoms with van der Waals surface area (Å²) in [5.74, 6) is 0.928. The maximum Gasteiger partial charge on any atom is 0.488 e. The molecule has 0 aromatic heterocycles. The first kappa shape index (κ1) is 11.4. The van der Waals surface area contributed by atoms with E-state index < -0.39 is 0 Å². The van der Waals surface area contributed by atoms with Crippen LogP contribution < -0.4 is 0 Å². The van der Waals surface area contributed by atoms with Crippen molar-refractivity contribution in [2.24, 2.45) is 5.92 Å². The molecular weight excluding hydrogens is 189 g/mol. The maximum atomic E-state index is 5.23. The fourth-order valence-corrected chi connectivity index (χ4v) is 2.57. The van der Waals surface area contributed by atoms with Gasteiger partial charge in [0, 0.05) is 32.3 Å². The number of hydrogen-bond acceptors (Lipinski definition) is 3. The van der Waals surface area contributed by atoms with E-state index in [2.05, 4.69) is 11.8 Å². The second-order valence-corrected chi connectivity index (χ2v) is 4.79. The average Bonchev–Trinajstić information content (AvgIpc) is 2.19. The van der Waals surface area contributed by atoms with Crippen molar-refractivity contribution in [3.63, 3.8) is 0 Å². The van der Waals surface area contributed by atoms with E-state index in [0.717, 1.165) is 38.3 Å². The van der Waals surface area contributed by atoms with Crippen molar-refractivity contribution in [2.75, 3.05) is 26.3 Å². The van der Waals surface area contributed by atoms with E-state index in [0.29, 0.717) is 0 Å². The lowest BCUT2D eigenvalue weighted by molar-refractivity contribution is 0.0738. The number of hydrogen-bond donors (Lipinski definition) is 0. The molecule has 1 aliphatic carbocycles. The van der Waals surface area contributed by atoms with Crippen molar-refractivity contribution < 1.29 is 9.31 Å². The molecule has 0 unspecified atom stereocenters. The molecule has 0 N–H and O–H groups in total. The first-order valence-electron chi connectivity index (χ1n) is 6.15. The molecule has 4 heteroatoms. The van der Waals surface area contributed by atoms with Crippen molar-refractivity contribution in [1.82, 2.24) is 4.90 Å². The fraction of sp³-hybridized carbons (Fsp3) is 1.00.